The number of aliphatic carboxylic acids is 1. The van der Waals surface area contributed by atoms with Gasteiger partial charge in [-0.05, 0) is 94.5 Å². The summed E-state index contributed by atoms with van der Waals surface area (Å²) in [5.74, 6) is -6.48. The lowest BCUT2D eigenvalue weighted by Gasteiger charge is -2.38. The van der Waals surface area contributed by atoms with Gasteiger partial charge in [-0.2, -0.15) is 0 Å². The molecule has 1 fully saturated rings. The van der Waals surface area contributed by atoms with Crippen LogP contribution in [0.2, 0.25) is 0 Å². The summed E-state index contributed by atoms with van der Waals surface area (Å²) in [5, 5.41) is 20.3. The quantitative estimate of drug-likeness (QED) is 0.0318. The minimum Gasteiger partial charge on any atom is -0.481 e. The van der Waals surface area contributed by atoms with E-state index in [4.69, 9.17) is 4.74 Å². The number of carboxylic acid groups (broad SMARTS) is 1. The standard InChI is InChI=1S/C58H85N7O12S/c1-13-36(6)43(31-48(68)58(10)25-17-26-63(58)11)56(74)64(12)45(34(2)3)32-47(77-39(9)66)55-61-44(33-78-55)54(73)60-42(28-38(8)57(75)76)30-40-19-21-41(22-20-40)59-53(72)37(7)29-46(67)52(35(4)5)62-49(69)18-15-14-16-27-65-50(70)23-24-51(65)71/h19-24,33-38,42-43,45,47,52H,13-18,25-32H2,1-12H3,(H,59,72)(H,60,73)(H,62,69)(H,75,76)/t36-,37+,38-,42+,43-,45+,47+,52-,58+/m0/s1. The topological polar surface area (TPSA) is 259 Å². The molecule has 0 spiro atoms. The van der Waals surface area contributed by atoms with Gasteiger partial charge >= 0.3 is 11.9 Å². The average molecular weight is 1100 g/mol. The molecule has 1 aromatic heterocycles. The SMILES string of the molecule is CC[C@H](C)[C@H](CC(=O)[C@@]1(C)CCCN1C)C(=O)N(C)[C@H](C[C@@H](OC(C)=O)c1nc(C(=O)N[C@@H](Cc2ccc(NC(=O)[C@H](C)CC(=O)[C@@H](NC(=O)CCCCCN3C(=O)C=CC3=O)C(C)C)cc2)C[C@H](C)C(=O)O)cs1)C(C)C. The molecular weight excluding hydrogens is 1020 g/mol. The number of carbonyl (C=O) groups is 10. The van der Waals surface area contributed by atoms with Crippen LogP contribution >= 0.6 is 11.3 Å². The number of imide groups is 1. The lowest BCUT2D eigenvalue weighted by molar-refractivity contribution is -0.150. The number of unbranched alkanes of at least 4 members (excludes halogenated alkanes) is 2. The number of likely N-dealkylation sites (tertiary alicyclic amines) is 1. The molecule has 0 unspecified atom stereocenters. The van der Waals surface area contributed by atoms with Crippen molar-refractivity contribution in [3.8, 4) is 0 Å². The number of carboxylic acids is 1. The van der Waals surface area contributed by atoms with Crippen LogP contribution < -0.4 is 16.0 Å². The predicted octanol–water partition coefficient (Wildman–Crippen LogP) is 7.34. The number of amides is 6. The molecule has 2 aliphatic rings. The number of rotatable bonds is 32. The molecule has 78 heavy (non-hydrogen) atoms. The third kappa shape index (κ3) is 18.2. The number of Topliss-reactive ketones (excluding diaryl/α,β-unsaturated/α-hetero) is 2. The highest BCUT2D eigenvalue weighted by molar-refractivity contribution is 7.09. The number of nitrogens with one attached hydrogen (secondary N) is 3. The first-order valence-corrected chi connectivity index (χ1v) is 28.5. The maximum absolute atomic E-state index is 14.5. The van der Waals surface area contributed by atoms with Crippen LogP contribution in [0.1, 0.15) is 167 Å². The normalized spacial score (nSPS) is 18.7. The summed E-state index contributed by atoms with van der Waals surface area (Å²) in [6, 6.07) is 4.94. The molecule has 6 amide bonds. The van der Waals surface area contributed by atoms with Crippen molar-refractivity contribution in [1.82, 2.24) is 30.3 Å². The van der Waals surface area contributed by atoms with E-state index < -0.39 is 71.3 Å². The Bertz CT molecular complexity index is 2470. The molecule has 1 saturated heterocycles. The number of ether oxygens (including phenoxy) is 1. The maximum Gasteiger partial charge on any atom is 0.306 e. The zero-order valence-corrected chi connectivity index (χ0v) is 48.7. The average Bonchev–Trinajstić information content (AvgIpc) is 4.13. The van der Waals surface area contributed by atoms with Crippen molar-refractivity contribution in [2.24, 2.45) is 35.5 Å². The summed E-state index contributed by atoms with van der Waals surface area (Å²) < 4.78 is 5.84. The first-order valence-electron chi connectivity index (χ1n) is 27.6. The second-order valence-electron chi connectivity index (χ2n) is 22.5. The Morgan fingerprint density at radius 2 is 1.53 bits per heavy atom. The predicted molar refractivity (Wildman–Crippen MR) is 297 cm³/mol. The largest absolute Gasteiger partial charge is 0.481 e. The molecule has 430 valence electrons. The summed E-state index contributed by atoms with van der Waals surface area (Å²) in [7, 11) is 3.68. The van der Waals surface area contributed by atoms with Crippen LogP contribution in [0, 0.1) is 35.5 Å². The minimum absolute atomic E-state index is 0.0389. The minimum atomic E-state index is -1.04. The molecule has 2 aliphatic heterocycles. The van der Waals surface area contributed by atoms with Gasteiger partial charge in [0.25, 0.3) is 17.7 Å². The number of hydrogen-bond donors (Lipinski definition) is 4. The first kappa shape index (κ1) is 64.4. The number of aromatic nitrogens is 1. The number of thiazole rings is 1. The van der Waals surface area contributed by atoms with Gasteiger partial charge in [-0.15, -0.1) is 11.3 Å². The van der Waals surface area contributed by atoms with Gasteiger partial charge < -0.3 is 30.7 Å². The Kier molecular flexibility index (Phi) is 24.5. The number of nitrogens with zero attached hydrogens (tertiary/aromatic N) is 4. The van der Waals surface area contributed by atoms with Crippen molar-refractivity contribution in [3.63, 3.8) is 0 Å². The summed E-state index contributed by atoms with van der Waals surface area (Å²) in [6.07, 6.45) is 6.22. The lowest BCUT2D eigenvalue weighted by atomic mass is 9.80. The Labute approximate surface area is 464 Å². The van der Waals surface area contributed by atoms with Crippen LogP contribution in [0.4, 0.5) is 5.69 Å². The second kappa shape index (κ2) is 29.7. The number of likely N-dealkylation sites (N-methyl/N-ethyl adjacent to an activating group) is 1. The van der Waals surface area contributed by atoms with Gasteiger partial charge in [-0.25, -0.2) is 4.98 Å². The molecule has 0 bridgehead atoms. The smallest absolute Gasteiger partial charge is 0.306 e. The van der Waals surface area contributed by atoms with Crippen molar-refractivity contribution in [3.05, 3.63) is 58.1 Å². The zero-order valence-electron chi connectivity index (χ0n) is 47.8. The highest BCUT2D eigenvalue weighted by Crippen LogP contribution is 2.35. The Morgan fingerprint density at radius 3 is 2.09 bits per heavy atom. The summed E-state index contributed by atoms with van der Waals surface area (Å²) in [6.45, 7) is 19.1. The van der Waals surface area contributed by atoms with E-state index in [2.05, 4.69) is 25.8 Å². The second-order valence-corrected chi connectivity index (χ2v) is 23.3. The number of hydrogen-bond acceptors (Lipinski definition) is 14. The third-order valence-electron chi connectivity index (χ3n) is 15.6. The highest BCUT2D eigenvalue weighted by Gasteiger charge is 2.44. The molecule has 4 rings (SSSR count). The summed E-state index contributed by atoms with van der Waals surface area (Å²) in [4.78, 5) is 139. The van der Waals surface area contributed by atoms with Crippen LogP contribution in [0.3, 0.4) is 0 Å². The number of benzene rings is 1. The molecule has 1 aromatic carbocycles. The van der Waals surface area contributed by atoms with Crippen LogP contribution in [0.15, 0.2) is 41.8 Å². The summed E-state index contributed by atoms with van der Waals surface area (Å²) >= 11 is 1.13. The molecule has 0 radical (unpaired) electrons. The van der Waals surface area contributed by atoms with Crippen molar-refractivity contribution >= 4 is 76.0 Å². The van der Waals surface area contributed by atoms with Crippen molar-refractivity contribution in [1.29, 1.82) is 0 Å². The number of anilines is 1. The number of esters is 1. The van der Waals surface area contributed by atoms with E-state index in [0.717, 1.165) is 41.2 Å². The fourth-order valence-corrected chi connectivity index (χ4v) is 11.0. The van der Waals surface area contributed by atoms with E-state index in [9.17, 15) is 53.1 Å². The number of ketones is 2. The van der Waals surface area contributed by atoms with E-state index in [0.29, 0.717) is 36.4 Å². The van der Waals surface area contributed by atoms with Gasteiger partial charge in [0.05, 0.1) is 17.5 Å². The number of carbonyl (C=O) groups excluding carboxylic acids is 9. The molecule has 0 aliphatic carbocycles. The van der Waals surface area contributed by atoms with Gasteiger partial charge in [-0.1, -0.05) is 80.4 Å². The van der Waals surface area contributed by atoms with Gasteiger partial charge in [0.15, 0.2) is 17.7 Å². The van der Waals surface area contributed by atoms with Gasteiger partial charge in [0, 0.05) is 93.3 Å². The Hall–Kier alpha value is -6.15. The zero-order chi connectivity index (χ0) is 58.2. The first-order chi connectivity index (χ1) is 36.7. The summed E-state index contributed by atoms with van der Waals surface area (Å²) in [5.41, 5.74) is 0.596. The van der Waals surface area contributed by atoms with Gasteiger partial charge in [0.1, 0.15) is 10.7 Å². The highest BCUT2D eigenvalue weighted by atomic mass is 32.1. The van der Waals surface area contributed by atoms with Crippen molar-refractivity contribution < 1.29 is 57.8 Å². The van der Waals surface area contributed by atoms with E-state index in [1.54, 1.807) is 55.4 Å². The van der Waals surface area contributed by atoms with Gasteiger partial charge in [-0.3, -0.25) is 57.7 Å². The van der Waals surface area contributed by atoms with E-state index >= 15 is 0 Å². The maximum atomic E-state index is 14.5. The lowest BCUT2D eigenvalue weighted by Crippen LogP contribution is -2.50. The molecule has 2 aromatic rings. The Balaban J connectivity index is 1.38. The monoisotopic (exact) mass is 1100 g/mol. The molecule has 4 N–H and O–H groups in total. The molecule has 19 nitrogen and oxygen atoms in total. The molecule has 9 atom stereocenters. The fourth-order valence-electron chi connectivity index (χ4n) is 10.2. The van der Waals surface area contributed by atoms with Crippen molar-refractivity contribution in [2.75, 3.05) is 32.5 Å². The van der Waals surface area contributed by atoms with Crippen LogP contribution in [-0.2, 0) is 54.3 Å². The third-order valence-corrected chi connectivity index (χ3v) is 16.6. The van der Waals surface area contributed by atoms with E-state index in [1.165, 1.54) is 19.1 Å². The van der Waals surface area contributed by atoms with Gasteiger partial charge in [0.2, 0.25) is 17.7 Å². The molecular formula is C58H85N7O12S. The molecule has 3 heterocycles. The van der Waals surface area contributed by atoms with Crippen LogP contribution in [0.5, 0.6) is 0 Å². The van der Waals surface area contributed by atoms with Crippen LogP contribution in [0.25, 0.3) is 0 Å². The Morgan fingerprint density at radius 1 is 0.872 bits per heavy atom. The fraction of sp³-hybridized carbons (Fsp3) is 0.638. The molecule has 20 heteroatoms. The van der Waals surface area contributed by atoms with E-state index in [1.807, 2.05) is 55.5 Å². The van der Waals surface area contributed by atoms with Crippen molar-refractivity contribution in [2.45, 2.75) is 176 Å². The van der Waals surface area contributed by atoms with Crippen LogP contribution in [-0.4, -0.2) is 135 Å². The molecule has 0 saturated carbocycles. The van der Waals surface area contributed by atoms with E-state index in [-0.39, 0.29) is 104 Å².